The molecule has 2 aromatic carbocycles. The summed E-state index contributed by atoms with van der Waals surface area (Å²) in [4.78, 5) is 17.5. The number of hydrogen-bond donors (Lipinski definition) is 0. The molecule has 0 saturated carbocycles. The molecule has 174 valence electrons. The van der Waals surface area contributed by atoms with Crippen LogP contribution in [0.15, 0.2) is 72.9 Å². The van der Waals surface area contributed by atoms with Crippen LogP contribution >= 0.6 is 0 Å². The number of pyridine rings is 1. The maximum absolute atomic E-state index is 13.0. The van der Waals surface area contributed by atoms with Crippen LogP contribution in [-0.2, 0) is 17.8 Å². The second-order valence-corrected chi connectivity index (χ2v) is 8.85. The van der Waals surface area contributed by atoms with Crippen LogP contribution in [0.5, 0.6) is 0 Å². The molecule has 6 nitrogen and oxygen atoms in total. The van der Waals surface area contributed by atoms with Gasteiger partial charge in [0.15, 0.2) is 0 Å². The van der Waals surface area contributed by atoms with Crippen molar-refractivity contribution in [2.75, 3.05) is 20.7 Å². The van der Waals surface area contributed by atoms with Crippen LogP contribution in [0.3, 0.4) is 0 Å². The van der Waals surface area contributed by atoms with Gasteiger partial charge in [0.2, 0.25) is 0 Å². The van der Waals surface area contributed by atoms with Crippen molar-refractivity contribution in [3.8, 4) is 11.1 Å². The van der Waals surface area contributed by atoms with Crippen molar-refractivity contribution in [2.24, 2.45) is 0 Å². The lowest BCUT2D eigenvalue weighted by Crippen LogP contribution is -2.41. The lowest BCUT2D eigenvalue weighted by Gasteiger charge is -2.28. The molecule has 0 aliphatic heterocycles. The monoisotopic (exact) mass is 454 g/mol. The normalized spacial score (nSPS) is 12.7. The zero-order chi connectivity index (χ0) is 23.7. The van der Waals surface area contributed by atoms with Crippen LogP contribution in [0.1, 0.15) is 36.1 Å². The smallest absolute Gasteiger partial charge is 0.424 e. The molecule has 0 spiro atoms. The predicted molar refractivity (Wildman–Crippen MR) is 134 cm³/mol. The highest BCUT2D eigenvalue weighted by Gasteiger charge is 2.29. The predicted octanol–water partition coefficient (Wildman–Crippen LogP) is 5.67. The number of rotatable bonds is 7. The molecule has 0 saturated heterocycles. The van der Waals surface area contributed by atoms with E-state index in [-0.39, 0.29) is 12.0 Å². The third-order valence-corrected chi connectivity index (χ3v) is 6.69. The first-order valence-electron chi connectivity index (χ1n) is 11.8. The summed E-state index contributed by atoms with van der Waals surface area (Å²) in [5, 5.41) is 4.55. The quantitative estimate of drug-likeness (QED) is 0.338. The molecule has 2 heterocycles. The number of aryl methyl sites for hydroxylation is 1. The second-order valence-electron chi connectivity index (χ2n) is 8.85. The average molecular weight is 455 g/mol. The number of hydrogen-bond acceptors (Lipinski definition) is 4. The van der Waals surface area contributed by atoms with Crippen LogP contribution in [0.4, 0.5) is 4.79 Å². The average Bonchev–Trinajstić information content (AvgIpc) is 3.37. The number of carbonyl (C=O) groups is 1. The van der Waals surface area contributed by atoms with Crippen molar-refractivity contribution in [1.82, 2.24) is 19.6 Å². The Balaban J connectivity index is 1.28. The highest BCUT2D eigenvalue weighted by molar-refractivity contribution is 5.79. The highest BCUT2D eigenvalue weighted by atomic mass is 16.6. The van der Waals surface area contributed by atoms with Gasteiger partial charge in [0.25, 0.3) is 0 Å². The minimum absolute atomic E-state index is 0.0493. The molecule has 4 aromatic rings. The largest absolute Gasteiger partial charge is 0.447 e. The zero-order valence-corrected chi connectivity index (χ0v) is 19.9. The van der Waals surface area contributed by atoms with E-state index in [4.69, 9.17) is 4.74 Å². The summed E-state index contributed by atoms with van der Waals surface area (Å²) in [6, 6.07) is 22.9. The number of fused-ring (bicyclic) bond motifs is 4. The first-order chi connectivity index (χ1) is 16.6. The summed E-state index contributed by atoms with van der Waals surface area (Å²) in [6.07, 6.45) is 2.48. The summed E-state index contributed by atoms with van der Waals surface area (Å²) in [6.45, 7) is 3.94. The first-order valence-corrected chi connectivity index (χ1v) is 11.8. The van der Waals surface area contributed by atoms with Crippen molar-refractivity contribution < 1.29 is 9.53 Å². The van der Waals surface area contributed by atoms with Gasteiger partial charge in [-0.15, -0.1) is 0 Å². The minimum atomic E-state index is -0.361. The van der Waals surface area contributed by atoms with Gasteiger partial charge in [-0.3, -0.25) is 0 Å². The molecule has 0 bridgehead atoms. The Morgan fingerprint density at radius 2 is 1.68 bits per heavy atom. The molecule has 5 rings (SSSR count). The van der Waals surface area contributed by atoms with Gasteiger partial charge in [-0.05, 0) is 46.9 Å². The number of ether oxygens (including phenoxy) is 1. The van der Waals surface area contributed by atoms with Crippen LogP contribution in [0.2, 0.25) is 0 Å². The van der Waals surface area contributed by atoms with Crippen LogP contribution in [0.25, 0.3) is 22.2 Å². The van der Waals surface area contributed by atoms with Crippen LogP contribution < -0.4 is 0 Å². The van der Waals surface area contributed by atoms with Gasteiger partial charge in [0, 0.05) is 43.8 Å². The van der Waals surface area contributed by atoms with E-state index in [0.717, 1.165) is 29.7 Å². The highest BCUT2D eigenvalue weighted by Crippen LogP contribution is 2.44. The van der Waals surface area contributed by atoms with E-state index in [0.29, 0.717) is 13.2 Å². The van der Waals surface area contributed by atoms with Gasteiger partial charge in [0.05, 0.1) is 6.54 Å². The van der Waals surface area contributed by atoms with Gasteiger partial charge in [-0.1, -0.05) is 55.5 Å². The van der Waals surface area contributed by atoms with Crippen LogP contribution in [-0.4, -0.2) is 46.4 Å². The van der Waals surface area contributed by atoms with Crippen molar-refractivity contribution in [1.29, 1.82) is 0 Å². The SMILES string of the molecule is CCCn1c(CN(C)N(C)C(=O)OCC2c3ccccc3-c3ccccc32)cc2cccnc21. The van der Waals surface area contributed by atoms with E-state index >= 15 is 0 Å². The van der Waals surface area contributed by atoms with E-state index in [2.05, 4.69) is 65.0 Å². The molecule has 1 aliphatic carbocycles. The number of amides is 1. The third kappa shape index (κ3) is 3.94. The number of benzene rings is 2. The topological polar surface area (TPSA) is 50.6 Å². The maximum atomic E-state index is 13.0. The summed E-state index contributed by atoms with van der Waals surface area (Å²) in [5.74, 6) is 0.0493. The summed E-state index contributed by atoms with van der Waals surface area (Å²) >= 11 is 0. The fourth-order valence-electron chi connectivity index (χ4n) is 4.91. The Hall–Kier alpha value is -3.64. The Morgan fingerprint density at radius 3 is 2.35 bits per heavy atom. The standard InChI is InChI=1S/C28H30N4O2/c1-4-16-32-21(17-20-10-9-15-29-27(20)32)18-30(2)31(3)28(33)34-19-26-24-13-7-5-11-22(24)23-12-6-8-14-25(23)26/h5-15,17,26H,4,16,18-19H2,1-3H3. The lowest BCUT2D eigenvalue weighted by molar-refractivity contribution is 0.00611. The zero-order valence-electron chi connectivity index (χ0n) is 19.9. The Kier molecular flexibility index (Phi) is 6.07. The molecule has 2 aromatic heterocycles. The molecule has 0 atom stereocenters. The molecule has 1 aliphatic rings. The molecular weight excluding hydrogens is 424 g/mol. The minimum Gasteiger partial charge on any atom is -0.447 e. The third-order valence-electron chi connectivity index (χ3n) is 6.69. The van der Waals surface area contributed by atoms with Crippen LogP contribution in [0, 0.1) is 0 Å². The Bertz CT molecular complexity index is 1280. The van der Waals surface area contributed by atoms with Gasteiger partial charge in [-0.25, -0.2) is 19.8 Å². The van der Waals surface area contributed by atoms with Crippen molar-refractivity contribution in [3.63, 3.8) is 0 Å². The fourth-order valence-corrected chi connectivity index (χ4v) is 4.91. The van der Waals surface area contributed by atoms with Crippen molar-refractivity contribution in [2.45, 2.75) is 32.4 Å². The van der Waals surface area contributed by atoms with Gasteiger partial charge < -0.3 is 9.30 Å². The van der Waals surface area contributed by atoms with Gasteiger partial charge >= 0.3 is 6.09 Å². The first kappa shape index (κ1) is 22.2. The molecule has 0 unspecified atom stereocenters. The van der Waals surface area contributed by atoms with E-state index in [1.54, 1.807) is 12.1 Å². The molecule has 34 heavy (non-hydrogen) atoms. The fraction of sp³-hybridized carbons (Fsp3) is 0.286. The Labute approximate surface area is 200 Å². The molecule has 6 heteroatoms. The summed E-state index contributed by atoms with van der Waals surface area (Å²) in [5.41, 5.74) is 6.98. The van der Waals surface area contributed by atoms with Crippen molar-refractivity contribution in [3.05, 3.63) is 89.7 Å². The number of hydrazine groups is 1. The Morgan fingerprint density at radius 1 is 1.00 bits per heavy atom. The molecule has 0 fully saturated rings. The summed E-state index contributed by atoms with van der Waals surface area (Å²) < 4.78 is 8.06. The van der Waals surface area contributed by atoms with E-state index in [9.17, 15) is 4.79 Å². The van der Waals surface area contributed by atoms with Gasteiger partial charge in [-0.2, -0.15) is 0 Å². The molecule has 1 amide bonds. The molecular formula is C28H30N4O2. The number of aromatic nitrogens is 2. The second kappa shape index (κ2) is 9.31. The summed E-state index contributed by atoms with van der Waals surface area (Å²) in [7, 11) is 3.66. The number of nitrogens with zero attached hydrogens (tertiary/aromatic N) is 4. The maximum Gasteiger partial charge on any atom is 0.424 e. The van der Waals surface area contributed by atoms with Gasteiger partial charge in [0.1, 0.15) is 12.3 Å². The van der Waals surface area contributed by atoms with E-state index in [1.165, 1.54) is 22.3 Å². The van der Waals surface area contributed by atoms with E-state index in [1.807, 2.05) is 36.5 Å². The number of carbonyl (C=O) groups excluding carboxylic acids is 1. The van der Waals surface area contributed by atoms with E-state index < -0.39 is 0 Å². The van der Waals surface area contributed by atoms with Crippen molar-refractivity contribution >= 4 is 17.1 Å². The molecule has 0 N–H and O–H groups in total. The molecule has 0 radical (unpaired) electrons. The lowest BCUT2D eigenvalue weighted by atomic mass is 9.98.